The Hall–Kier alpha value is -3.48. The molecule has 5 heterocycles. The molecule has 40 heavy (non-hydrogen) atoms. The van der Waals surface area contributed by atoms with Crippen molar-refractivity contribution in [1.82, 2.24) is 28.6 Å². The molecule has 0 N–H and O–H groups in total. The Bertz CT molecular complexity index is 1560. The van der Waals surface area contributed by atoms with Crippen LogP contribution in [0.1, 0.15) is 41.3 Å². The maximum atomic E-state index is 14.2. The molecule has 2 fully saturated rings. The van der Waals surface area contributed by atoms with Gasteiger partial charge in [0, 0.05) is 52.1 Å². The molecular weight excluding hydrogens is 525 g/mol. The number of ether oxygens (including phenoxy) is 2. The number of fused-ring (bicyclic) bond motifs is 1. The summed E-state index contributed by atoms with van der Waals surface area (Å²) in [4.78, 5) is 15.7. The lowest BCUT2D eigenvalue weighted by atomic mass is 9.84. The van der Waals surface area contributed by atoms with Crippen LogP contribution in [-0.4, -0.2) is 68.1 Å². The van der Waals surface area contributed by atoms with E-state index in [1.54, 1.807) is 19.5 Å². The van der Waals surface area contributed by atoms with Gasteiger partial charge in [0.15, 0.2) is 0 Å². The summed E-state index contributed by atoms with van der Waals surface area (Å²) >= 11 is 0. The van der Waals surface area contributed by atoms with Gasteiger partial charge in [-0.15, -0.1) is 10.2 Å². The monoisotopic (exact) mass is 556 g/mol. The summed E-state index contributed by atoms with van der Waals surface area (Å²) in [6, 6.07) is 8.48. The average Bonchev–Trinajstić information content (AvgIpc) is 3.48. The lowest BCUT2D eigenvalue weighted by molar-refractivity contribution is -0.136. The summed E-state index contributed by atoms with van der Waals surface area (Å²) in [5, 5.41) is 8.32. The molecule has 212 valence electrons. The number of nitrogens with zero attached hydrogens (tertiary/aromatic N) is 6. The fourth-order valence-corrected chi connectivity index (χ4v) is 5.83. The summed E-state index contributed by atoms with van der Waals surface area (Å²) in [7, 11) is 3.54. The van der Waals surface area contributed by atoms with Gasteiger partial charge in [-0.25, -0.2) is 4.79 Å². The van der Waals surface area contributed by atoms with Crippen LogP contribution in [0.5, 0.6) is 0 Å². The van der Waals surface area contributed by atoms with Crippen molar-refractivity contribution >= 4 is 5.52 Å². The molecule has 4 aromatic rings. The molecule has 1 aromatic carbocycles. The van der Waals surface area contributed by atoms with Crippen LogP contribution in [0.15, 0.2) is 53.8 Å². The maximum absolute atomic E-state index is 14.2. The lowest BCUT2D eigenvalue weighted by Crippen LogP contribution is -2.36. The molecule has 3 aromatic heterocycles. The van der Waals surface area contributed by atoms with Crippen molar-refractivity contribution in [3.8, 4) is 5.69 Å². The summed E-state index contributed by atoms with van der Waals surface area (Å²) in [6.07, 6.45) is 1.63. The largest absolute Gasteiger partial charge is 0.418 e. The van der Waals surface area contributed by atoms with E-state index in [0.717, 1.165) is 41.7 Å². The van der Waals surface area contributed by atoms with E-state index in [2.05, 4.69) is 15.1 Å². The van der Waals surface area contributed by atoms with Crippen LogP contribution < -0.4 is 5.69 Å². The molecule has 2 aliphatic rings. The Labute approximate surface area is 228 Å². The molecular formula is C28H31F3N6O3. The minimum absolute atomic E-state index is 0.131. The second kappa shape index (κ2) is 10.5. The molecule has 2 aliphatic heterocycles. The van der Waals surface area contributed by atoms with E-state index in [1.165, 1.54) is 23.0 Å². The Morgan fingerprint density at radius 2 is 1.93 bits per heavy atom. The number of likely N-dealkylation sites (tertiary alicyclic amines) is 1. The topological polar surface area (TPSA) is 78.8 Å². The van der Waals surface area contributed by atoms with Gasteiger partial charge < -0.3 is 14.0 Å². The normalized spacial score (nSPS) is 18.3. The lowest BCUT2D eigenvalue weighted by Gasteiger charge is -2.33. The number of methoxy groups -OCH3 is 1. The summed E-state index contributed by atoms with van der Waals surface area (Å²) in [6.45, 7) is 2.90. The van der Waals surface area contributed by atoms with Crippen LogP contribution in [0.3, 0.4) is 0 Å². The van der Waals surface area contributed by atoms with Crippen LogP contribution in [0.25, 0.3) is 11.2 Å². The van der Waals surface area contributed by atoms with Crippen molar-refractivity contribution in [1.29, 1.82) is 0 Å². The Balaban J connectivity index is 1.39. The zero-order valence-electron chi connectivity index (χ0n) is 22.3. The fraction of sp³-hybridized carbons (Fsp3) is 0.464. The third kappa shape index (κ3) is 4.95. The molecule has 0 spiro atoms. The summed E-state index contributed by atoms with van der Waals surface area (Å²) < 4.78 is 57.8. The van der Waals surface area contributed by atoms with E-state index in [4.69, 9.17) is 9.47 Å². The number of hydrogen-bond donors (Lipinski definition) is 0. The van der Waals surface area contributed by atoms with Gasteiger partial charge in [0.1, 0.15) is 12.2 Å². The number of alkyl halides is 3. The Kier molecular flexibility index (Phi) is 7.01. The van der Waals surface area contributed by atoms with Crippen molar-refractivity contribution in [2.24, 2.45) is 13.0 Å². The molecule has 0 saturated carbocycles. The molecule has 0 unspecified atom stereocenters. The van der Waals surface area contributed by atoms with Crippen molar-refractivity contribution in [2.75, 3.05) is 33.4 Å². The molecule has 0 amide bonds. The zero-order chi connectivity index (χ0) is 28.0. The van der Waals surface area contributed by atoms with Gasteiger partial charge in [0.25, 0.3) is 0 Å². The second-order valence-electron chi connectivity index (χ2n) is 10.7. The van der Waals surface area contributed by atoms with E-state index < -0.39 is 17.4 Å². The first-order chi connectivity index (χ1) is 19.2. The molecule has 2 saturated heterocycles. The van der Waals surface area contributed by atoms with Gasteiger partial charge in [-0.05, 0) is 42.2 Å². The number of benzene rings is 1. The highest BCUT2D eigenvalue weighted by molar-refractivity contribution is 5.58. The first-order valence-electron chi connectivity index (χ1n) is 13.3. The highest BCUT2D eigenvalue weighted by Gasteiger charge is 2.36. The number of imidazole rings is 1. The zero-order valence-corrected chi connectivity index (χ0v) is 22.3. The van der Waals surface area contributed by atoms with Gasteiger partial charge in [-0.3, -0.25) is 13.9 Å². The number of aromatic nitrogens is 5. The third-order valence-corrected chi connectivity index (χ3v) is 8.07. The molecule has 1 atom stereocenters. The third-order valence-electron chi connectivity index (χ3n) is 8.07. The van der Waals surface area contributed by atoms with E-state index in [0.29, 0.717) is 31.0 Å². The first kappa shape index (κ1) is 26.7. The minimum atomic E-state index is -4.62. The maximum Gasteiger partial charge on any atom is 0.418 e. The number of rotatable bonds is 7. The Morgan fingerprint density at radius 1 is 1.15 bits per heavy atom. The molecule has 9 nitrogen and oxygen atoms in total. The number of pyridine rings is 1. The van der Waals surface area contributed by atoms with Gasteiger partial charge in [-0.1, -0.05) is 12.1 Å². The van der Waals surface area contributed by atoms with E-state index in [1.807, 2.05) is 29.8 Å². The predicted molar refractivity (Wildman–Crippen MR) is 140 cm³/mol. The number of aryl methyl sites for hydroxylation is 1. The van der Waals surface area contributed by atoms with Gasteiger partial charge >= 0.3 is 11.9 Å². The summed E-state index contributed by atoms with van der Waals surface area (Å²) in [5.41, 5.74) is 0.251. The highest BCUT2D eigenvalue weighted by atomic mass is 19.4. The first-order valence-corrected chi connectivity index (χ1v) is 13.3. The molecule has 0 radical (unpaired) electrons. The van der Waals surface area contributed by atoms with Crippen LogP contribution >= 0.6 is 0 Å². The molecule has 6 rings (SSSR count). The average molecular weight is 557 g/mol. The van der Waals surface area contributed by atoms with Crippen LogP contribution in [-0.2, 0) is 29.2 Å². The fourth-order valence-electron chi connectivity index (χ4n) is 5.83. The number of halogens is 3. The molecule has 0 bridgehead atoms. The van der Waals surface area contributed by atoms with Crippen molar-refractivity contribution < 1.29 is 22.6 Å². The van der Waals surface area contributed by atoms with Crippen molar-refractivity contribution in [2.45, 2.75) is 37.6 Å². The molecule has 0 aliphatic carbocycles. The molecule has 12 heteroatoms. The van der Waals surface area contributed by atoms with Gasteiger partial charge in [-0.2, -0.15) is 13.2 Å². The van der Waals surface area contributed by atoms with Crippen LogP contribution in [0, 0.1) is 5.92 Å². The van der Waals surface area contributed by atoms with Crippen molar-refractivity contribution in [3.63, 3.8) is 0 Å². The highest BCUT2D eigenvalue weighted by Crippen LogP contribution is 2.36. The van der Waals surface area contributed by atoms with Crippen LogP contribution in [0.4, 0.5) is 13.2 Å². The smallest absolute Gasteiger partial charge is 0.381 e. The number of hydrogen-bond acceptors (Lipinski definition) is 6. The van der Waals surface area contributed by atoms with Crippen LogP contribution in [0.2, 0.25) is 0 Å². The van der Waals surface area contributed by atoms with E-state index in [9.17, 15) is 18.0 Å². The van der Waals surface area contributed by atoms with Gasteiger partial charge in [0.2, 0.25) is 0 Å². The Morgan fingerprint density at radius 3 is 2.55 bits per heavy atom. The minimum Gasteiger partial charge on any atom is -0.381 e. The summed E-state index contributed by atoms with van der Waals surface area (Å²) in [5.74, 6) is 0.809. The van der Waals surface area contributed by atoms with Gasteiger partial charge in [0.05, 0.1) is 42.0 Å². The SMILES string of the molecule is COC1CCN(Cc2cc(C(F)(F)F)c3cn(-c4cccc([C@H](c5nncn5C)C5COC5)c4)c(=O)n3c2)CC1. The van der Waals surface area contributed by atoms with E-state index in [-0.39, 0.29) is 23.5 Å². The van der Waals surface area contributed by atoms with E-state index >= 15 is 0 Å². The second-order valence-corrected chi connectivity index (χ2v) is 10.7. The quantitative estimate of drug-likeness (QED) is 0.346. The number of piperidine rings is 1. The standard InChI is InChI=1S/C28H31F3N6O3/c1-34-17-32-33-26(34)25(20-15-40-16-20)19-4-3-5-21(11-19)36-14-24-23(28(29,30)31)10-18(13-37(24)27(36)38)12-35-8-6-22(39-2)7-9-35/h3-5,10-11,13-14,17,20,22,25H,6-9,12,15-16H2,1-2H3/t25-/m0/s1. The van der Waals surface area contributed by atoms with Crippen molar-refractivity contribution in [3.05, 3.63) is 82.1 Å². The predicted octanol–water partition coefficient (Wildman–Crippen LogP) is 3.63.